The Morgan fingerprint density at radius 1 is 1.22 bits per heavy atom. The molecule has 0 saturated carbocycles. The molecule has 0 saturated heterocycles. The first-order chi connectivity index (χ1) is 2.00. The topological polar surface area (TPSA) is 57.2 Å². The van der Waals surface area contributed by atoms with Crippen LogP contribution in [0.15, 0.2) is 0 Å². The molecule has 0 spiro atoms. The fourth-order valence-corrected chi connectivity index (χ4v) is 0. The van der Waals surface area contributed by atoms with Crippen LogP contribution in [-0.4, -0.2) is 13.0 Å². The Kier molecular flexibility index (Phi) is 49.0. The molecule has 0 aliphatic carbocycles. The van der Waals surface area contributed by atoms with Crippen molar-refractivity contribution in [3.8, 4) is 0 Å². The SMILES string of the molecule is O=S(=O)([O-])[S-].[I-].[K+].[Na+].[Na+]. The van der Waals surface area contributed by atoms with Crippen LogP contribution in [0.5, 0.6) is 0 Å². The van der Waals surface area contributed by atoms with Gasteiger partial charge >= 0.3 is 110 Å². The van der Waals surface area contributed by atoms with Gasteiger partial charge in [0.05, 0.1) is 0 Å². The average Bonchev–Trinajstić information content (AvgIpc) is 0.722. The molecule has 0 aromatic heterocycles. The molecule has 0 amide bonds. The summed E-state index contributed by atoms with van der Waals surface area (Å²) in [5, 5.41) is 0. The van der Waals surface area contributed by atoms with Gasteiger partial charge in [-0.05, 0) is 9.15 Å². The van der Waals surface area contributed by atoms with Gasteiger partial charge in [-0.2, -0.15) is 0 Å². The molecule has 0 atom stereocenters. The molecule has 0 aromatic carbocycles. The van der Waals surface area contributed by atoms with Gasteiger partial charge in [0.1, 0.15) is 0 Å². The van der Waals surface area contributed by atoms with Crippen molar-refractivity contribution in [2.75, 3.05) is 0 Å². The number of rotatable bonds is 0. The maximum Gasteiger partial charge on any atom is 1.00 e. The summed E-state index contributed by atoms with van der Waals surface area (Å²) in [7, 11) is -4.33. The molecule has 0 rings (SSSR count). The Balaban J connectivity index is -0.0000000133. The molecule has 9 heavy (non-hydrogen) atoms. The minimum absolute atomic E-state index is 0. The number of hydrogen-bond acceptors (Lipinski definition) is 4. The van der Waals surface area contributed by atoms with Crippen molar-refractivity contribution in [2.24, 2.45) is 0 Å². The average molecular weight is 324 g/mol. The minimum atomic E-state index is -4.33. The molecule has 0 radical (unpaired) electrons. The summed E-state index contributed by atoms with van der Waals surface area (Å²) in [6.07, 6.45) is 0. The first-order valence-electron chi connectivity index (χ1n) is 0.667. The maximum atomic E-state index is 8.89. The van der Waals surface area contributed by atoms with Crippen LogP contribution in [0.2, 0.25) is 0 Å². The van der Waals surface area contributed by atoms with Crippen LogP contribution in [-0.2, 0) is 20.8 Å². The van der Waals surface area contributed by atoms with E-state index in [0.29, 0.717) is 0 Å². The molecule has 0 aromatic rings. The Labute approximate surface area is 163 Å². The van der Waals surface area contributed by atoms with Crippen molar-refractivity contribution in [3.63, 3.8) is 0 Å². The smallest absolute Gasteiger partial charge is 1.00 e. The zero-order valence-electron chi connectivity index (χ0n) is 5.42. The second-order valence-electron chi connectivity index (χ2n) is 0.408. The van der Waals surface area contributed by atoms with E-state index in [1.165, 1.54) is 0 Å². The van der Waals surface area contributed by atoms with Gasteiger partial charge in [0.25, 0.3) is 0 Å². The summed E-state index contributed by atoms with van der Waals surface area (Å²) in [5.74, 6) is 0. The van der Waals surface area contributed by atoms with E-state index in [2.05, 4.69) is 11.7 Å². The van der Waals surface area contributed by atoms with Gasteiger partial charge in [0.15, 0.2) is 0 Å². The van der Waals surface area contributed by atoms with E-state index in [-0.39, 0.29) is 134 Å². The molecular weight excluding hydrogens is 324 g/mol. The first kappa shape index (κ1) is 29.2. The van der Waals surface area contributed by atoms with Gasteiger partial charge in [-0.1, -0.05) is 0 Å². The quantitative estimate of drug-likeness (QED) is 0.146. The van der Waals surface area contributed by atoms with Gasteiger partial charge in [-0.3, -0.25) is 8.42 Å². The first-order valence-corrected chi connectivity index (χ1v) is 3.00. The van der Waals surface area contributed by atoms with Crippen molar-refractivity contribution < 1.29 is 147 Å². The summed E-state index contributed by atoms with van der Waals surface area (Å²) in [6.45, 7) is 0. The Morgan fingerprint density at radius 3 is 1.22 bits per heavy atom. The van der Waals surface area contributed by atoms with E-state index in [4.69, 9.17) is 13.0 Å². The molecule has 0 aliphatic heterocycles. The zero-order valence-corrected chi connectivity index (χ0v) is 16.3. The second-order valence-corrected chi connectivity index (χ2v) is 2.45. The van der Waals surface area contributed by atoms with Crippen molar-refractivity contribution in [2.45, 2.75) is 0 Å². The van der Waals surface area contributed by atoms with Crippen LogP contribution in [0.1, 0.15) is 0 Å². The van der Waals surface area contributed by atoms with Crippen molar-refractivity contribution >= 4 is 20.8 Å². The monoisotopic (exact) mass is 324 g/mol. The molecule has 0 aliphatic rings. The maximum absolute atomic E-state index is 8.89. The van der Waals surface area contributed by atoms with Crippen LogP contribution >= 0.6 is 0 Å². The molecule has 40 valence electrons. The van der Waals surface area contributed by atoms with Crippen molar-refractivity contribution in [1.82, 2.24) is 0 Å². The predicted molar refractivity (Wildman–Crippen MR) is 17.1 cm³/mol. The second kappa shape index (κ2) is 15.1. The number of halogens is 1. The van der Waals surface area contributed by atoms with E-state index in [1.807, 2.05) is 0 Å². The molecule has 0 bridgehead atoms. The zero-order chi connectivity index (χ0) is 4.50. The third-order valence-corrected chi connectivity index (χ3v) is 0. The number of hydrogen-bond donors (Lipinski definition) is 0. The van der Waals surface area contributed by atoms with E-state index >= 15 is 0 Å². The summed E-state index contributed by atoms with van der Waals surface area (Å²) in [6, 6.07) is 0. The van der Waals surface area contributed by atoms with E-state index in [1.54, 1.807) is 0 Å². The standard InChI is InChI=1S/HI.K.2Na.H2O3S2/c;;;;1-5(2,3)4/h1H;;;;(H2,1,2,3,4)/q;3*+1;/p-3. The van der Waals surface area contributed by atoms with Gasteiger partial charge in [0, 0.05) is 0 Å². The summed E-state index contributed by atoms with van der Waals surface area (Å²) in [5.41, 5.74) is 0. The fourth-order valence-electron chi connectivity index (χ4n) is 0. The molecule has 9 heteroatoms. The van der Waals surface area contributed by atoms with Crippen LogP contribution in [0, 0.1) is 0 Å². The van der Waals surface area contributed by atoms with Crippen molar-refractivity contribution in [1.29, 1.82) is 0 Å². The van der Waals surface area contributed by atoms with Gasteiger partial charge < -0.3 is 40.2 Å². The van der Waals surface area contributed by atoms with Crippen molar-refractivity contribution in [3.05, 3.63) is 0 Å². The molecular formula is IKNa2O3S2. The molecule has 3 nitrogen and oxygen atoms in total. The van der Waals surface area contributed by atoms with E-state index < -0.39 is 9.15 Å². The summed E-state index contributed by atoms with van der Waals surface area (Å²) >= 11 is 3.24. The third kappa shape index (κ3) is 66.6. The van der Waals surface area contributed by atoms with Gasteiger partial charge in [-0.15, -0.1) is 0 Å². The summed E-state index contributed by atoms with van der Waals surface area (Å²) < 4.78 is 26.7. The van der Waals surface area contributed by atoms with E-state index in [0.717, 1.165) is 0 Å². The van der Waals surface area contributed by atoms with E-state index in [9.17, 15) is 0 Å². The summed E-state index contributed by atoms with van der Waals surface area (Å²) in [4.78, 5) is 0. The van der Waals surface area contributed by atoms with Crippen LogP contribution in [0.25, 0.3) is 0 Å². The molecule has 0 fully saturated rings. The Morgan fingerprint density at radius 2 is 1.22 bits per heavy atom. The minimum Gasteiger partial charge on any atom is -1.00 e. The van der Waals surface area contributed by atoms with Crippen LogP contribution in [0.3, 0.4) is 0 Å². The fraction of sp³-hybridized carbons (Fsp3) is 0. The van der Waals surface area contributed by atoms with Crippen LogP contribution in [0.4, 0.5) is 0 Å². The Bertz CT molecular complexity index is 103. The van der Waals surface area contributed by atoms with Gasteiger partial charge in [-0.25, -0.2) is 0 Å². The molecule has 0 N–H and O–H groups in total. The normalized spacial score (nSPS) is 6.44. The van der Waals surface area contributed by atoms with Crippen LogP contribution < -0.4 is 134 Å². The third-order valence-electron chi connectivity index (χ3n) is 0. The predicted octanol–water partition coefficient (Wildman–Crippen LogP) is -13.0. The Hall–Kier alpha value is 4.63. The van der Waals surface area contributed by atoms with Gasteiger partial charge in [0.2, 0.25) is 0 Å². The largest absolute Gasteiger partial charge is 1.00 e. The molecule has 0 unspecified atom stereocenters. The molecule has 0 heterocycles.